The van der Waals surface area contributed by atoms with Crippen molar-refractivity contribution in [3.63, 3.8) is 0 Å². The first kappa shape index (κ1) is 13.3. The molecule has 0 saturated heterocycles. The maximum atomic E-state index is 11.5. The van der Waals surface area contributed by atoms with Gasteiger partial charge in [0, 0.05) is 6.20 Å². The van der Waals surface area contributed by atoms with Gasteiger partial charge in [-0.2, -0.15) is 0 Å². The van der Waals surface area contributed by atoms with Crippen LogP contribution in [0.2, 0.25) is 0 Å². The Hall–Kier alpha value is -2.14. The quantitative estimate of drug-likeness (QED) is 0.859. The molecular weight excluding hydrogens is 244 g/mol. The Morgan fingerprint density at radius 3 is 2.58 bits per heavy atom. The van der Waals surface area contributed by atoms with Crippen LogP contribution in [-0.4, -0.2) is 9.97 Å². The van der Waals surface area contributed by atoms with E-state index in [-0.39, 0.29) is 12.7 Å². The summed E-state index contributed by atoms with van der Waals surface area (Å²) in [5.41, 5.74) is 0.565. The zero-order valence-electron chi connectivity index (χ0n) is 10.7. The average molecular weight is 260 g/mol. The lowest BCUT2D eigenvalue weighted by molar-refractivity contribution is 0.0363. The summed E-state index contributed by atoms with van der Waals surface area (Å²) in [5, 5.41) is 0. The Kier molecular flexibility index (Phi) is 4.30. The van der Waals surface area contributed by atoms with Gasteiger partial charge in [-0.25, -0.2) is 4.79 Å². The standard InChI is InChI=1S/C14H16N2O3/c1-2-12(10-6-4-3-5-7-10)19-9-11-8-15-14(18)16-13(11)17/h3-8,12H,2,9H2,1H3,(H2,15,16,17,18). The largest absolute Gasteiger partial charge is 0.369 e. The molecule has 5 heteroatoms. The minimum Gasteiger partial charge on any atom is -0.369 e. The van der Waals surface area contributed by atoms with Crippen LogP contribution in [0.5, 0.6) is 0 Å². The van der Waals surface area contributed by atoms with Crippen molar-refractivity contribution in [1.29, 1.82) is 0 Å². The summed E-state index contributed by atoms with van der Waals surface area (Å²) in [6.45, 7) is 2.19. The zero-order valence-corrected chi connectivity index (χ0v) is 10.7. The molecule has 1 unspecified atom stereocenters. The van der Waals surface area contributed by atoms with Gasteiger partial charge in [0.1, 0.15) is 0 Å². The van der Waals surface area contributed by atoms with E-state index in [1.165, 1.54) is 6.20 Å². The summed E-state index contributed by atoms with van der Waals surface area (Å²) in [6, 6.07) is 9.84. The van der Waals surface area contributed by atoms with E-state index in [0.717, 1.165) is 12.0 Å². The Morgan fingerprint density at radius 1 is 1.21 bits per heavy atom. The molecule has 0 aliphatic carbocycles. The van der Waals surface area contributed by atoms with Crippen molar-refractivity contribution in [2.75, 3.05) is 0 Å². The highest BCUT2D eigenvalue weighted by atomic mass is 16.5. The SMILES string of the molecule is CCC(OCc1c[nH]c(=O)[nH]c1=O)c1ccccc1. The van der Waals surface area contributed by atoms with Crippen LogP contribution in [0.15, 0.2) is 46.1 Å². The lowest BCUT2D eigenvalue weighted by Gasteiger charge is -2.16. The molecular formula is C14H16N2O3. The Labute approximate surface area is 110 Å². The molecule has 0 aliphatic rings. The summed E-state index contributed by atoms with van der Waals surface area (Å²) in [5.74, 6) is 0. The molecule has 0 saturated carbocycles. The monoisotopic (exact) mass is 260 g/mol. The van der Waals surface area contributed by atoms with Crippen LogP contribution in [0.1, 0.15) is 30.6 Å². The molecule has 0 fully saturated rings. The number of benzene rings is 1. The van der Waals surface area contributed by atoms with Crippen LogP contribution in [0, 0.1) is 0 Å². The second-order valence-electron chi connectivity index (χ2n) is 4.22. The van der Waals surface area contributed by atoms with Crippen molar-refractivity contribution in [2.24, 2.45) is 0 Å². The minimum absolute atomic E-state index is 0.0625. The highest BCUT2D eigenvalue weighted by Crippen LogP contribution is 2.21. The third-order valence-corrected chi connectivity index (χ3v) is 2.88. The van der Waals surface area contributed by atoms with Gasteiger partial charge in [0.05, 0.1) is 18.3 Å². The van der Waals surface area contributed by atoms with Crippen molar-refractivity contribution < 1.29 is 4.74 Å². The molecule has 1 atom stereocenters. The van der Waals surface area contributed by atoms with Gasteiger partial charge >= 0.3 is 5.69 Å². The van der Waals surface area contributed by atoms with Crippen molar-refractivity contribution >= 4 is 0 Å². The van der Waals surface area contributed by atoms with Gasteiger partial charge in [-0.05, 0) is 12.0 Å². The first-order chi connectivity index (χ1) is 9.20. The van der Waals surface area contributed by atoms with Crippen LogP contribution >= 0.6 is 0 Å². The van der Waals surface area contributed by atoms with E-state index < -0.39 is 11.2 Å². The second kappa shape index (κ2) is 6.15. The molecule has 2 aromatic rings. The van der Waals surface area contributed by atoms with Crippen LogP contribution in [0.25, 0.3) is 0 Å². The molecule has 19 heavy (non-hydrogen) atoms. The highest BCUT2D eigenvalue weighted by molar-refractivity contribution is 5.17. The number of ether oxygens (including phenoxy) is 1. The molecule has 1 aromatic heterocycles. The van der Waals surface area contributed by atoms with Gasteiger partial charge < -0.3 is 9.72 Å². The fourth-order valence-corrected chi connectivity index (χ4v) is 1.85. The Bertz CT molecular complexity index is 631. The van der Waals surface area contributed by atoms with Crippen LogP contribution in [0.3, 0.4) is 0 Å². The first-order valence-corrected chi connectivity index (χ1v) is 6.18. The fraction of sp³-hybridized carbons (Fsp3) is 0.286. The van der Waals surface area contributed by atoms with E-state index >= 15 is 0 Å². The maximum Gasteiger partial charge on any atom is 0.325 e. The van der Waals surface area contributed by atoms with Crippen LogP contribution < -0.4 is 11.2 Å². The molecule has 0 aliphatic heterocycles. The molecule has 2 N–H and O–H groups in total. The lowest BCUT2D eigenvalue weighted by Crippen LogP contribution is -2.25. The van der Waals surface area contributed by atoms with Gasteiger partial charge in [0.2, 0.25) is 0 Å². The number of hydrogen-bond acceptors (Lipinski definition) is 3. The van der Waals surface area contributed by atoms with E-state index in [9.17, 15) is 9.59 Å². The second-order valence-corrected chi connectivity index (χ2v) is 4.22. The van der Waals surface area contributed by atoms with Crippen LogP contribution in [-0.2, 0) is 11.3 Å². The van der Waals surface area contributed by atoms with Gasteiger partial charge in [0.15, 0.2) is 0 Å². The van der Waals surface area contributed by atoms with Gasteiger partial charge in [-0.3, -0.25) is 9.78 Å². The number of hydrogen-bond donors (Lipinski definition) is 2. The van der Waals surface area contributed by atoms with Crippen LogP contribution in [0.4, 0.5) is 0 Å². The number of aromatic amines is 2. The number of rotatable bonds is 5. The first-order valence-electron chi connectivity index (χ1n) is 6.18. The molecule has 0 bridgehead atoms. The third kappa shape index (κ3) is 3.42. The molecule has 1 aromatic carbocycles. The van der Waals surface area contributed by atoms with Gasteiger partial charge in [-0.15, -0.1) is 0 Å². The molecule has 100 valence electrons. The highest BCUT2D eigenvalue weighted by Gasteiger charge is 2.10. The third-order valence-electron chi connectivity index (χ3n) is 2.88. The fourth-order valence-electron chi connectivity index (χ4n) is 1.85. The summed E-state index contributed by atoms with van der Waals surface area (Å²) in [4.78, 5) is 27.0. The topological polar surface area (TPSA) is 75.0 Å². The number of H-pyrrole nitrogens is 2. The predicted octanol–water partition coefficient (Wildman–Crippen LogP) is 1.73. The average Bonchev–Trinajstić information content (AvgIpc) is 2.43. The summed E-state index contributed by atoms with van der Waals surface area (Å²) >= 11 is 0. The van der Waals surface area contributed by atoms with Crippen molar-refractivity contribution in [3.05, 3.63) is 68.5 Å². The van der Waals surface area contributed by atoms with Gasteiger partial charge in [-0.1, -0.05) is 37.3 Å². The summed E-state index contributed by atoms with van der Waals surface area (Å²) in [6.07, 6.45) is 2.14. The molecule has 1 heterocycles. The van der Waals surface area contributed by atoms with Crippen molar-refractivity contribution in [3.8, 4) is 0 Å². The van der Waals surface area contributed by atoms with Crippen molar-refractivity contribution in [1.82, 2.24) is 9.97 Å². The molecule has 0 radical (unpaired) electrons. The Balaban J connectivity index is 2.08. The molecule has 2 rings (SSSR count). The molecule has 0 amide bonds. The predicted molar refractivity (Wildman–Crippen MR) is 71.9 cm³/mol. The van der Waals surface area contributed by atoms with Gasteiger partial charge in [0.25, 0.3) is 5.56 Å². The van der Waals surface area contributed by atoms with E-state index in [0.29, 0.717) is 5.56 Å². The lowest BCUT2D eigenvalue weighted by atomic mass is 10.1. The number of nitrogens with one attached hydrogen (secondary N) is 2. The van der Waals surface area contributed by atoms with Crippen molar-refractivity contribution in [2.45, 2.75) is 26.1 Å². The number of aromatic nitrogens is 2. The maximum absolute atomic E-state index is 11.5. The molecule has 5 nitrogen and oxygen atoms in total. The smallest absolute Gasteiger partial charge is 0.325 e. The van der Waals surface area contributed by atoms with E-state index in [2.05, 4.69) is 9.97 Å². The van der Waals surface area contributed by atoms with E-state index in [1.54, 1.807) is 0 Å². The molecule has 0 spiro atoms. The normalized spacial score (nSPS) is 12.3. The zero-order chi connectivity index (χ0) is 13.7. The van der Waals surface area contributed by atoms with E-state index in [1.807, 2.05) is 37.3 Å². The Morgan fingerprint density at radius 2 is 1.95 bits per heavy atom. The minimum atomic E-state index is -0.510. The summed E-state index contributed by atoms with van der Waals surface area (Å²) in [7, 11) is 0. The van der Waals surface area contributed by atoms with E-state index in [4.69, 9.17) is 4.74 Å². The summed E-state index contributed by atoms with van der Waals surface area (Å²) < 4.78 is 5.74.